The van der Waals surface area contributed by atoms with Crippen LogP contribution in [-0.4, -0.2) is 37.7 Å². The predicted octanol–water partition coefficient (Wildman–Crippen LogP) is 1.91. The van der Waals surface area contributed by atoms with Gasteiger partial charge in [0, 0.05) is 18.6 Å². The molecule has 2 atom stereocenters. The summed E-state index contributed by atoms with van der Waals surface area (Å²) in [6.07, 6.45) is 0.977. The lowest BCUT2D eigenvalue weighted by molar-refractivity contribution is 0.198. The third-order valence-corrected chi connectivity index (χ3v) is 3.44. The molecule has 0 spiro atoms. The van der Waals surface area contributed by atoms with E-state index in [4.69, 9.17) is 10.5 Å². The Morgan fingerprint density at radius 1 is 1.24 bits per heavy atom. The van der Waals surface area contributed by atoms with E-state index >= 15 is 0 Å². The van der Waals surface area contributed by atoms with Gasteiger partial charge < -0.3 is 10.5 Å². The largest absolute Gasteiger partial charge is 0.496 e. The van der Waals surface area contributed by atoms with Gasteiger partial charge in [-0.2, -0.15) is 0 Å². The summed E-state index contributed by atoms with van der Waals surface area (Å²) in [7, 11) is 3.84. The van der Waals surface area contributed by atoms with Crippen LogP contribution >= 0.6 is 0 Å². The number of nitrogens with two attached hydrogens (primary N) is 1. The molecule has 17 heavy (non-hydrogen) atoms. The fourth-order valence-corrected chi connectivity index (χ4v) is 1.93. The summed E-state index contributed by atoms with van der Waals surface area (Å²) in [6.45, 7) is 5.06. The number of likely N-dealkylation sites (N-methyl/N-ethyl adjacent to an activating group) is 1. The first-order chi connectivity index (χ1) is 8.10. The molecule has 96 valence electrons. The molecule has 1 aromatic carbocycles. The van der Waals surface area contributed by atoms with Gasteiger partial charge in [-0.1, -0.05) is 18.2 Å². The van der Waals surface area contributed by atoms with E-state index in [9.17, 15) is 0 Å². The van der Waals surface area contributed by atoms with E-state index in [2.05, 4.69) is 37.9 Å². The number of rotatable bonds is 6. The van der Waals surface area contributed by atoms with Crippen molar-refractivity contribution in [2.75, 3.05) is 20.7 Å². The number of para-hydroxylation sites is 1. The maximum Gasteiger partial charge on any atom is 0.122 e. The van der Waals surface area contributed by atoms with Gasteiger partial charge in [-0.3, -0.25) is 4.90 Å². The van der Waals surface area contributed by atoms with Crippen LogP contribution in [0.25, 0.3) is 0 Å². The molecule has 0 fully saturated rings. The van der Waals surface area contributed by atoms with E-state index in [1.54, 1.807) is 7.11 Å². The lowest BCUT2D eigenvalue weighted by Crippen LogP contribution is -2.42. The van der Waals surface area contributed by atoms with Crippen LogP contribution in [0.15, 0.2) is 24.3 Å². The Balaban J connectivity index is 2.70. The molecular formula is C14H24N2O. The lowest BCUT2D eigenvalue weighted by atomic mass is 10.0. The highest BCUT2D eigenvalue weighted by atomic mass is 16.5. The smallest absolute Gasteiger partial charge is 0.122 e. The molecule has 0 heterocycles. The molecule has 0 bridgehead atoms. The standard InChI is InChI=1S/C14H24N2O/c1-11(16(3)12(2)10-15)9-13-7-5-6-8-14(13)17-4/h5-8,11-12H,9-10,15H2,1-4H3. The number of ether oxygens (including phenoxy) is 1. The van der Waals surface area contributed by atoms with Gasteiger partial charge in [0.15, 0.2) is 0 Å². The van der Waals surface area contributed by atoms with Crippen LogP contribution in [0, 0.1) is 0 Å². The molecule has 0 amide bonds. The Morgan fingerprint density at radius 3 is 2.47 bits per heavy atom. The highest BCUT2D eigenvalue weighted by Crippen LogP contribution is 2.20. The molecule has 1 rings (SSSR count). The second kappa shape index (κ2) is 6.62. The van der Waals surface area contributed by atoms with Crippen molar-refractivity contribution in [3.05, 3.63) is 29.8 Å². The zero-order valence-electron chi connectivity index (χ0n) is 11.3. The van der Waals surface area contributed by atoms with Crippen molar-refractivity contribution in [1.82, 2.24) is 4.90 Å². The third kappa shape index (κ3) is 3.72. The molecule has 3 nitrogen and oxygen atoms in total. The maximum atomic E-state index is 5.69. The molecule has 0 aliphatic heterocycles. The minimum atomic E-state index is 0.403. The van der Waals surface area contributed by atoms with Gasteiger partial charge >= 0.3 is 0 Å². The molecule has 0 saturated heterocycles. The van der Waals surface area contributed by atoms with Crippen LogP contribution in [0.5, 0.6) is 5.75 Å². The fraction of sp³-hybridized carbons (Fsp3) is 0.571. The molecule has 3 heteroatoms. The van der Waals surface area contributed by atoms with Crippen molar-refractivity contribution in [2.45, 2.75) is 32.4 Å². The number of hydrogen-bond donors (Lipinski definition) is 1. The summed E-state index contributed by atoms with van der Waals surface area (Å²) in [5, 5.41) is 0. The van der Waals surface area contributed by atoms with Gasteiger partial charge in [0.05, 0.1) is 7.11 Å². The summed E-state index contributed by atoms with van der Waals surface area (Å²) >= 11 is 0. The first kappa shape index (κ1) is 14.0. The summed E-state index contributed by atoms with van der Waals surface area (Å²) < 4.78 is 5.37. The Labute approximate surface area is 105 Å². The molecule has 0 saturated carbocycles. The topological polar surface area (TPSA) is 38.5 Å². The van der Waals surface area contributed by atoms with Gasteiger partial charge in [-0.15, -0.1) is 0 Å². The fourth-order valence-electron chi connectivity index (χ4n) is 1.93. The highest BCUT2D eigenvalue weighted by Gasteiger charge is 2.16. The van der Waals surface area contributed by atoms with Crippen molar-refractivity contribution in [3.8, 4) is 5.75 Å². The molecular weight excluding hydrogens is 212 g/mol. The van der Waals surface area contributed by atoms with Gasteiger partial charge in [0.1, 0.15) is 5.75 Å². The van der Waals surface area contributed by atoms with Crippen molar-refractivity contribution >= 4 is 0 Å². The van der Waals surface area contributed by atoms with Gasteiger partial charge in [-0.05, 0) is 38.9 Å². The maximum absolute atomic E-state index is 5.69. The van der Waals surface area contributed by atoms with Crippen molar-refractivity contribution in [2.24, 2.45) is 5.73 Å². The van der Waals surface area contributed by atoms with Crippen LogP contribution in [0.1, 0.15) is 19.4 Å². The molecule has 0 radical (unpaired) electrons. The van der Waals surface area contributed by atoms with E-state index in [0.717, 1.165) is 12.2 Å². The first-order valence-electron chi connectivity index (χ1n) is 6.14. The van der Waals surface area contributed by atoms with Crippen molar-refractivity contribution < 1.29 is 4.74 Å². The summed E-state index contributed by atoms with van der Waals surface area (Å²) in [5.74, 6) is 0.966. The van der Waals surface area contributed by atoms with E-state index < -0.39 is 0 Å². The normalized spacial score (nSPS) is 14.7. The van der Waals surface area contributed by atoms with Crippen LogP contribution in [0.2, 0.25) is 0 Å². The van der Waals surface area contributed by atoms with Crippen LogP contribution in [-0.2, 0) is 6.42 Å². The number of methoxy groups -OCH3 is 1. The number of nitrogens with zero attached hydrogens (tertiary/aromatic N) is 1. The van der Waals surface area contributed by atoms with Crippen LogP contribution in [0.3, 0.4) is 0 Å². The zero-order valence-corrected chi connectivity index (χ0v) is 11.3. The number of hydrogen-bond acceptors (Lipinski definition) is 3. The van der Waals surface area contributed by atoms with Gasteiger partial charge in [-0.25, -0.2) is 0 Å². The Hall–Kier alpha value is -1.06. The molecule has 1 aromatic rings. The molecule has 0 aromatic heterocycles. The Bertz CT molecular complexity index is 341. The van der Waals surface area contributed by atoms with Crippen LogP contribution < -0.4 is 10.5 Å². The van der Waals surface area contributed by atoms with E-state index in [1.165, 1.54) is 5.56 Å². The highest BCUT2D eigenvalue weighted by molar-refractivity contribution is 5.33. The number of benzene rings is 1. The quantitative estimate of drug-likeness (QED) is 0.820. The lowest BCUT2D eigenvalue weighted by Gasteiger charge is -2.30. The zero-order chi connectivity index (χ0) is 12.8. The van der Waals surface area contributed by atoms with Crippen molar-refractivity contribution in [1.29, 1.82) is 0 Å². The monoisotopic (exact) mass is 236 g/mol. The second-order valence-corrected chi connectivity index (χ2v) is 4.62. The average Bonchev–Trinajstić information content (AvgIpc) is 2.37. The van der Waals surface area contributed by atoms with E-state index in [-0.39, 0.29) is 0 Å². The summed E-state index contributed by atoms with van der Waals surface area (Å²) in [4.78, 5) is 2.31. The minimum Gasteiger partial charge on any atom is -0.496 e. The summed E-state index contributed by atoms with van der Waals surface area (Å²) in [5.41, 5.74) is 6.94. The first-order valence-corrected chi connectivity index (χ1v) is 6.14. The van der Waals surface area contributed by atoms with Crippen LogP contribution in [0.4, 0.5) is 0 Å². The average molecular weight is 236 g/mol. The van der Waals surface area contributed by atoms with Gasteiger partial charge in [0.25, 0.3) is 0 Å². The predicted molar refractivity (Wildman–Crippen MR) is 72.4 cm³/mol. The van der Waals surface area contributed by atoms with E-state index in [1.807, 2.05) is 12.1 Å². The Kier molecular flexibility index (Phi) is 5.45. The molecule has 0 aliphatic carbocycles. The molecule has 0 aliphatic rings. The summed E-state index contributed by atoms with van der Waals surface area (Å²) in [6, 6.07) is 9.03. The SMILES string of the molecule is COc1ccccc1CC(C)N(C)C(C)CN. The third-order valence-electron chi connectivity index (χ3n) is 3.44. The van der Waals surface area contributed by atoms with Crippen molar-refractivity contribution in [3.63, 3.8) is 0 Å². The Morgan fingerprint density at radius 2 is 1.88 bits per heavy atom. The van der Waals surface area contributed by atoms with E-state index in [0.29, 0.717) is 18.6 Å². The van der Waals surface area contributed by atoms with Gasteiger partial charge in [0.2, 0.25) is 0 Å². The molecule has 2 N–H and O–H groups in total. The second-order valence-electron chi connectivity index (χ2n) is 4.62. The minimum absolute atomic E-state index is 0.403. The molecule has 2 unspecified atom stereocenters.